The number of nitrogens with zero attached hydrogens (tertiary/aromatic N) is 1. The van der Waals surface area contributed by atoms with Gasteiger partial charge in [-0.2, -0.15) is 0 Å². The van der Waals surface area contributed by atoms with Gasteiger partial charge in [-0.05, 0) is 89.9 Å². The van der Waals surface area contributed by atoms with Gasteiger partial charge in [-0.25, -0.2) is 4.79 Å². The molecule has 0 aliphatic heterocycles. The van der Waals surface area contributed by atoms with Gasteiger partial charge in [-0.1, -0.05) is 162 Å². The van der Waals surface area contributed by atoms with Crippen LogP contribution in [0, 0.1) is 0 Å². The molecule has 0 fully saturated rings. The Morgan fingerprint density at radius 2 is 0.855 bits per heavy atom. The molecule has 2 atom stereocenters. The third-order valence-corrected chi connectivity index (χ3v) is 10.2. The highest BCUT2D eigenvalue weighted by Crippen LogP contribution is 2.13. The second kappa shape index (κ2) is 43.9. The van der Waals surface area contributed by atoms with E-state index in [4.69, 9.17) is 14.2 Å². The van der Waals surface area contributed by atoms with Crippen LogP contribution in [0.2, 0.25) is 0 Å². The predicted molar refractivity (Wildman–Crippen MR) is 261 cm³/mol. The smallest absolute Gasteiger partial charge is 0.362 e. The maximum atomic E-state index is 12.8. The molecule has 0 aromatic carbocycles. The Kier molecular flexibility index (Phi) is 41.2. The van der Waals surface area contributed by atoms with Crippen LogP contribution in [-0.2, 0) is 28.6 Å². The second-order valence-electron chi connectivity index (χ2n) is 17.0. The van der Waals surface area contributed by atoms with E-state index in [9.17, 15) is 19.5 Å². The minimum atomic E-state index is -0.884. The molecule has 0 rings (SSSR count). The largest absolute Gasteiger partial charge is 0.477 e. The molecule has 0 saturated carbocycles. The number of likely N-dealkylation sites (N-methyl/N-ethyl adjacent to an activating group) is 1. The summed E-state index contributed by atoms with van der Waals surface area (Å²) in [6.45, 7) is 4.47. The van der Waals surface area contributed by atoms with Gasteiger partial charge in [-0.3, -0.25) is 9.59 Å². The molecule has 0 aromatic rings. The van der Waals surface area contributed by atoms with E-state index in [1.54, 1.807) is 0 Å². The van der Waals surface area contributed by atoms with Crippen molar-refractivity contribution in [3.05, 3.63) is 97.2 Å². The fourth-order valence-corrected chi connectivity index (χ4v) is 6.54. The third-order valence-electron chi connectivity index (χ3n) is 10.2. The van der Waals surface area contributed by atoms with Crippen molar-refractivity contribution in [3.8, 4) is 0 Å². The molecule has 0 heterocycles. The molecule has 1 N–H and O–H groups in total. The van der Waals surface area contributed by atoms with Gasteiger partial charge in [-0.15, -0.1) is 0 Å². The Morgan fingerprint density at radius 3 is 1.26 bits per heavy atom. The maximum absolute atomic E-state index is 12.8. The summed E-state index contributed by atoms with van der Waals surface area (Å²) in [6.07, 6.45) is 58.8. The Labute approximate surface area is 379 Å². The number of quaternary nitrogens is 1. The highest BCUT2D eigenvalue weighted by Gasteiger charge is 2.31. The SMILES string of the molecule is CC/C=C/C/C=C/C/C=C/C/C=C/CCCCCCCCC(=O)OCC(COCCC(C(=O)O)[N+](C)(C)C)OC(=O)CCCCCCCC/C=C/C/C=C/C/C=C/C/C=C/CC. The molecule has 0 amide bonds. The van der Waals surface area contributed by atoms with E-state index >= 15 is 0 Å². The van der Waals surface area contributed by atoms with Crippen LogP contribution in [-0.4, -0.2) is 80.6 Å². The Hall–Kier alpha value is -3.75. The molecule has 62 heavy (non-hydrogen) atoms. The lowest BCUT2D eigenvalue weighted by molar-refractivity contribution is -0.887. The van der Waals surface area contributed by atoms with Crippen molar-refractivity contribution >= 4 is 17.9 Å². The number of allylic oxidation sites excluding steroid dienone is 16. The quantitative estimate of drug-likeness (QED) is 0.0282. The Balaban J connectivity index is 4.36. The molecule has 352 valence electrons. The summed E-state index contributed by atoms with van der Waals surface area (Å²) in [6, 6.07) is -0.626. The number of hydrogen-bond acceptors (Lipinski definition) is 6. The number of esters is 2. The van der Waals surface area contributed by atoms with E-state index in [2.05, 4.69) is 111 Å². The summed E-state index contributed by atoms with van der Waals surface area (Å²) in [5.74, 6) is -1.51. The monoisotopic (exact) mass is 865 g/mol. The van der Waals surface area contributed by atoms with Gasteiger partial charge in [0.1, 0.15) is 6.61 Å². The minimum absolute atomic E-state index is 0.0443. The van der Waals surface area contributed by atoms with Crippen LogP contribution in [0.1, 0.15) is 174 Å². The van der Waals surface area contributed by atoms with Crippen molar-refractivity contribution in [2.75, 3.05) is 41.0 Å². The zero-order valence-corrected chi connectivity index (χ0v) is 40.0. The first-order valence-electron chi connectivity index (χ1n) is 24.3. The fraction of sp³-hybridized carbons (Fsp3) is 0.648. The van der Waals surface area contributed by atoms with Crippen molar-refractivity contribution in [3.63, 3.8) is 0 Å². The molecule has 2 unspecified atom stereocenters. The topological polar surface area (TPSA) is 99.1 Å². The van der Waals surface area contributed by atoms with Crippen molar-refractivity contribution in [1.82, 2.24) is 0 Å². The number of carboxylic acids is 1. The number of rotatable bonds is 42. The van der Waals surface area contributed by atoms with Crippen LogP contribution >= 0.6 is 0 Å². The zero-order valence-electron chi connectivity index (χ0n) is 40.0. The van der Waals surface area contributed by atoms with Crippen molar-refractivity contribution in [1.29, 1.82) is 0 Å². The van der Waals surface area contributed by atoms with Gasteiger partial charge < -0.3 is 23.8 Å². The summed E-state index contributed by atoms with van der Waals surface area (Å²) in [5.41, 5.74) is 0. The summed E-state index contributed by atoms with van der Waals surface area (Å²) in [4.78, 5) is 37.1. The maximum Gasteiger partial charge on any atom is 0.362 e. The van der Waals surface area contributed by atoms with Gasteiger partial charge >= 0.3 is 17.9 Å². The van der Waals surface area contributed by atoms with Gasteiger partial charge in [0, 0.05) is 19.3 Å². The van der Waals surface area contributed by atoms with Gasteiger partial charge in [0.15, 0.2) is 12.1 Å². The van der Waals surface area contributed by atoms with Crippen molar-refractivity contribution in [2.45, 2.75) is 187 Å². The van der Waals surface area contributed by atoms with Crippen LogP contribution < -0.4 is 0 Å². The number of aliphatic carboxylic acids is 1. The molecule has 0 bridgehead atoms. The molecular weight excluding hydrogens is 775 g/mol. The molecule has 8 heteroatoms. The number of unbranched alkanes of at least 4 members (excludes halogenated alkanes) is 12. The molecule has 0 aromatic heterocycles. The van der Waals surface area contributed by atoms with Gasteiger partial charge in [0.2, 0.25) is 0 Å². The molecule has 0 spiro atoms. The number of carbonyl (C=O) groups excluding carboxylic acids is 2. The third kappa shape index (κ3) is 41.6. The first kappa shape index (κ1) is 58.2. The van der Waals surface area contributed by atoms with E-state index in [0.717, 1.165) is 116 Å². The van der Waals surface area contributed by atoms with Gasteiger partial charge in [0.25, 0.3) is 0 Å². The molecular formula is C54H90NO7+. The van der Waals surface area contributed by atoms with Gasteiger partial charge in [0.05, 0.1) is 34.4 Å². The standard InChI is InChI=1S/C54H89NO7/c1-6-8-10-12-14-16-18-20-22-24-26-28-30-32-34-36-38-40-42-44-52(56)61-49-50(48-60-47-46-51(54(58)59)55(3,4)5)62-53(57)45-43-41-39-37-35-33-31-29-27-25-23-21-19-17-15-13-11-9-7-2/h8-11,14-17,20-23,26-29,50-51H,6-7,12-13,18-19,24-25,30-49H2,1-5H3/p+1/b10-8+,11-9+,16-14+,17-15+,22-20+,23-21+,28-26+,29-27+. The van der Waals surface area contributed by atoms with Crippen LogP contribution in [0.4, 0.5) is 0 Å². The molecule has 0 saturated heterocycles. The van der Waals surface area contributed by atoms with E-state index < -0.39 is 18.1 Å². The second-order valence-corrected chi connectivity index (χ2v) is 17.0. The summed E-state index contributed by atoms with van der Waals surface area (Å²) >= 11 is 0. The van der Waals surface area contributed by atoms with Crippen LogP contribution in [0.15, 0.2) is 97.2 Å². The average molecular weight is 865 g/mol. The molecule has 8 nitrogen and oxygen atoms in total. The van der Waals surface area contributed by atoms with E-state index in [1.807, 2.05) is 21.1 Å². The minimum Gasteiger partial charge on any atom is -0.477 e. The van der Waals surface area contributed by atoms with Crippen LogP contribution in [0.5, 0.6) is 0 Å². The number of carboxylic acid groups (broad SMARTS) is 1. The van der Waals surface area contributed by atoms with Crippen LogP contribution in [0.3, 0.4) is 0 Å². The van der Waals surface area contributed by atoms with E-state index in [0.29, 0.717) is 19.3 Å². The van der Waals surface area contributed by atoms with Crippen molar-refractivity contribution in [2.24, 2.45) is 0 Å². The number of hydrogen-bond donors (Lipinski definition) is 1. The summed E-state index contributed by atoms with van der Waals surface area (Å²) in [5, 5.41) is 9.65. The van der Waals surface area contributed by atoms with Crippen LogP contribution in [0.25, 0.3) is 0 Å². The highest BCUT2D eigenvalue weighted by atomic mass is 16.6. The highest BCUT2D eigenvalue weighted by molar-refractivity contribution is 5.72. The lowest BCUT2D eigenvalue weighted by Crippen LogP contribution is -2.50. The number of carbonyl (C=O) groups is 3. The first-order chi connectivity index (χ1) is 30.1. The fourth-order valence-electron chi connectivity index (χ4n) is 6.54. The first-order valence-corrected chi connectivity index (χ1v) is 24.3. The van der Waals surface area contributed by atoms with E-state index in [-0.39, 0.29) is 36.2 Å². The Bertz CT molecular complexity index is 1330. The van der Waals surface area contributed by atoms with Crippen molar-refractivity contribution < 1.29 is 38.2 Å². The molecule has 0 radical (unpaired) electrons. The van der Waals surface area contributed by atoms with E-state index in [1.165, 1.54) is 25.7 Å². The molecule has 0 aliphatic carbocycles. The normalized spacial score (nSPS) is 13.8. The summed E-state index contributed by atoms with van der Waals surface area (Å²) < 4.78 is 17.3. The molecule has 0 aliphatic rings. The lowest BCUT2D eigenvalue weighted by Gasteiger charge is -2.31. The predicted octanol–water partition coefficient (Wildman–Crippen LogP) is 13.9. The Morgan fingerprint density at radius 1 is 0.484 bits per heavy atom. The zero-order chi connectivity index (χ0) is 45.6. The number of ether oxygens (including phenoxy) is 3. The average Bonchev–Trinajstić information content (AvgIpc) is 3.23. The summed E-state index contributed by atoms with van der Waals surface area (Å²) in [7, 11) is 5.51. The lowest BCUT2D eigenvalue weighted by atomic mass is 10.1.